The van der Waals surface area contributed by atoms with Gasteiger partial charge in [0.15, 0.2) is 10.8 Å². The molecule has 4 nitrogen and oxygen atoms in total. The highest BCUT2D eigenvalue weighted by molar-refractivity contribution is 7.13. The molecule has 1 atom stereocenters. The van der Waals surface area contributed by atoms with Gasteiger partial charge in [0.1, 0.15) is 5.76 Å². The number of hydrogen-bond donors (Lipinski definition) is 1. The monoisotopic (exact) mass is 251 g/mol. The molecule has 1 N–H and O–H groups in total. The number of nitrogens with zero attached hydrogens (tertiary/aromatic N) is 1. The van der Waals surface area contributed by atoms with Gasteiger partial charge in [0.2, 0.25) is 0 Å². The number of carboxylic acids is 1. The van der Waals surface area contributed by atoms with Gasteiger partial charge in [-0.3, -0.25) is 4.79 Å². The average Bonchev–Trinajstić information content (AvgIpc) is 2.87. The van der Waals surface area contributed by atoms with Gasteiger partial charge in [-0.05, 0) is 25.5 Å². The zero-order chi connectivity index (χ0) is 12.4. The van der Waals surface area contributed by atoms with Crippen LogP contribution in [0.4, 0.5) is 0 Å². The molecule has 0 radical (unpaired) electrons. The summed E-state index contributed by atoms with van der Waals surface area (Å²) in [7, 11) is 0. The van der Waals surface area contributed by atoms with Crippen molar-refractivity contribution in [2.75, 3.05) is 0 Å². The molecule has 2 rings (SSSR count). The third-order valence-electron chi connectivity index (χ3n) is 2.54. The predicted octanol–water partition coefficient (Wildman–Crippen LogP) is 3.29. The standard InChI is InChI=1S/C12H13NO3S/c1-3-8(12(14)15)9-6-17-11(13-9)10-5-4-7(2)16-10/h4-6,8H,3H2,1-2H3,(H,14,15). The van der Waals surface area contributed by atoms with Crippen LogP contribution in [0.1, 0.15) is 30.7 Å². The quantitative estimate of drug-likeness (QED) is 0.905. The highest BCUT2D eigenvalue weighted by Gasteiger charge is 2.21. The summed E-state index contributed by atoms with van der Waals surface area (Å²) in [5.41, 5.74) is 0.606. The Kier molecular flexibility index (Phi) is 3.28. The van der Waals surface area contributed by atoms with E-state index in [1.54, 1.807) is 5.38 Å². The van der Waals surface area contributed by atoms with E-state index >= 15 is 0 Å². The molecule has 0 aliphatic rings. The van der Waals surface area contributed by atoms with Gasteiger partial charge in [0.25, 0.3) is 0 Å². The fourth-order valence-corrected chi connectivity index (χ4v) is 2.45. The van der Waals surface area contributed by atoms with E-state index < -0.39 is 11.9 Å². The molecule has 5 heteroatoms. The number of hydrogen-bond acceptors (Lipinski definition) is 4. The summed E-state index contributed by atoms with van der Waals surface area (Å²) >= 11 is 1.41. The van der Waals surface area contributed by atoms with Crippen LogP contribution in [0.15, 0.2) is 21.9 Å². The van der Waals surface area contributed by atoms with Gasteiger partial charge in [0.05, 0.1) is 11.6 Å². The SMILES string of the molecule is CCC(C(=O)O)c1csc(-c2ccc(C)o2)n1. The average molecular weight is 251 g/mol. The molecule has 2 heterocycles. The van der Waals surface area contributed by atoms with Gasteiger partial charge in [-0.1, -0.05) is 6.92 Å². The van der Waals surface area contributed by atoms with E-state index in [1.165, 1.54) is 11.3 Å². The lowest BCUT2D eigenvalue weighted by molar-refractivity contribution is -0.138. The zero-order valence-electron chi connectivity index (χ0n) is 9.64. The molecule has 2 aromatic rings. The van der Waals surface area contributed by atoms with Crippen LogP contribution < -0.4 is 0 Å². The summed E-state index contributed by atoms with van der Waals surface area (Å²) < 4.78 is 5.46. The van der Waals surface area contributed by atoms with Gasteiger partial charge in [-0.25, -0.2) is 4.98 Å². The number of carbonyl (C=O) groups is 1. The van der Waals surface area contributed by atoms with Gasteiger partial charge in [-0.2, -0.15) is 0 Å². The zero-order valence-corrected chi connectivity index (χ0v) is 10.5. The van der Waals surface area contributed by atoms with Gasteiger partial charge in [-0.15, -0.1) is 11.3 Å². The number of aryl methyl sites for hydroxylation is 1. The minimum Gasteiger partial charge on any atom is -0.481 e. The Morgan fingerprint density at radius 2 is 2.35 bits per heavy atom. The molecule has 1 unspecified atom stereocenters. The number of furan rings is 1. The van der Waals surface area contributed by atoms with Crippen LogP contribution in [0, 0.1) is 6.92 Å². The van der Waals surface area contributed by atoms with Crippen LogP contribution in [0.25, 0.3) is 10.8 Å². The molecule has 90 valence electrons. The third kappa shape index (κ3) is 2.39. The number of aliphatic carboxylic acids is 1. The van der Waals surface area contributed by atoms with E-state index in [1.807, 2.05) is 26.0 Å². The van der Waals surface area contributed by atoms with E-state index in [0.29, 0.717) is 17.9 Å². The van der Waals surface area contributed by atoms with Crippen molar-refractivity contribution in [3.8, 4) is 10.8 Å². The van der Waals surface area contributed by atoms with Crippen LogP contribution >= 0.6 is 11.3 Å². The van der Waals surface area contributed by atoms with E-state index in [-0.39, 0.29) is 0 Å². The van der Waals surface area contributed by atoms with Crippen molar-refractivity contribution in [2.45, 2.75) is 26.2 Å². The number of rotatable bonds is 4. The highest BCUT2D eigenvalue weighted by Crippen LogP contribution is 2.29. The third-order valence-corrected chi connectivity index (χ3v) is 3.41. The Balaban J connectivity index is 2.29. The maximum Gasteiger partial charge on any atom is 0.312 e. The first-order valence-electron chi connectivity index (χ1n) is 5.37. The normalized spacial score (nSPS) is 12.6. The maximum atomic E-state index is 11.0. The first-order chi connectivity index (χ1) is 8.11. The van der Waals surface area contributed by atoms with Crippen molar-refractivity contribution in [3.05, 3.63) is 29.0 Å². The Hall–Kier alpha value is -1.62. The Morgan fingerprint density at radius 3 is 2.88 bits per heavy atom. The lowest BCUT2D eigenvalue weighted by Gasteiger charge is -2.04. The molecule has 0 bridgehead atoms. The number of thiazole rings is 1. The Labute approximate surface area is 103 Å². The van der Waals surface area contributed by atoms with E-state index in [9.17, 15) is 4.79 Å². The van der Waals surface area contributed by atoms with Crippen molar-refractivity contribution in [2.24, 2.45) is 0 Å². The van der Waals surface area contributed by atoms with Crippen LogP contribution in [-0.4, -0.2) is 16.1 Å². The Bertz CT molecular complexity index is 529. The van der Waals surface area contributed by atoms with Crippen molar-refractivity contribution in [1.82, 2.24) is 4.98 Å². The van der Waals surface area contributed by atoms with Crippen LogP contribution in [0.3, 0.4) is 0 Å². The molecule has 0 saturated heterocycles. The second kappa shape index (κ2) is 4.71. The maximum absolute atomic E-state index is 11.0. The van der Waals surface area contributed by atoms with Gasteiger partial charge in [0, 0.05) is 5.38 Å². The van der Waals surface area contributed by atoms with Crippen molar-refractivity contribution in [1.29, 1.82) is 0 Å². The summed E-state index contributed by atoms with van der Waals surface area (Å²) in [6, 6.07) is 3.71. The minimum atomic E-state index is -0.833. The van der Waals surface area contributed by atoms with Crippen molar-refractivity contribution >= 4 is 17.3 Å². The minimum absolute atomic E-state index is 0.531. The fourth-order valence-electron chi connectivity index (χ4n) is 1.62. The molecule has 0 aliphatic carbocycles. The Morgan fingerprint density at radius 1 is 1.59 bits per heavy atom. The molecule has 17 heavy (non-hydrogen) atoms. The summed E-state index contributed by atoms with van der Waals surface area (Å²) in [6.45, 7) is 3.71. The van der Waals surface area contributed by atoms with Crippen LogP contribution in [-0.2, 0) is 4.79 Å². The summed E-state index contributed by atoms with van der Waals surface area (Å²) in [5, 5.41) is 11.6. The first-order valence-corrected chi connectivity index (χ1v) is 6.24. The molecular formula is C12H13NO3S. The molecule has 2 aromatic heterocycles. The van der Waals surface area contributed by atoms with Gasteiger partial charge >= 0.3 is 5.97 Å². The van der Waals surface area contributed by atoms with Crippen LogP contribution in [0.5, 0.6) is 0 Å². The molecular weight excluding hydrogens is 238 g/mol. The van der Waals surface area contributed by atoms with E-state index in [2.05, 4.69) is 4.98 Å². The van der Waals surface area contributed by atoms with Crippen LogP contribution in [0.2, 0.25) is 0 Å². The largest absolute Gasteiger partial charge is 0.481 e. The summed E-state index contributed by atoms with van der Waals surface area (Å²) in [6.07, 6.45) is 0.537. The predicted molar refractivity (Wildman–Crippen MR) is 65.2 cm³/mol. The topological polar surface area (TPSA) is 63.3 Å². The molecule has 0 aromatic carbocycles. The number of carboxylic acid groups (broad SMARTS) is 1. The second-order valence-corrected chi connectivity index (χ2v) is 4.64. The lowest BCUT2D eigenvalue weighted by Crippen LogP contribution is -2.10. The molecule has 0 spiro atoms. The molecule has 0 amide bonds. The molecule has 0 aliphatic heterocycles. The summed E-state index contributed by atoms with van der Waals surface area (Å²) in [4.78, 5) is 15.4. The smallest absolute Gasteiger partial charge is 0.312 e. The van der Waals surface area contributed by atoms with Gasteiger partial charge < -0.3 is 9.52 Å². The number of aromatic nitrogens is 1. The first kappa shape index (κ1) is 11.9. The second-order valence-electron chi connectivity index (χ2n) is 3.79. The summed E-state index contributed by atoms with van der Waals surface area (Å²) in [5.74, 6) is 0.150. The van der Waals surface area contributed by atoms with Crippen molar-refractivity contribution < 1.29 is 14.3 Å². The highest BCUT2D eigenvalue weighted by atomic mass is 32.1. The van der Waals surface area contributed by atoms with E-state index in [4.69, 9.17) is 9.52 Å². The molecule has 0 fully saturated rings. The molecule has 0 saturated carbocycles. The lowest BCUT2D eigenvalue weighted by atomic mass is 10.0. The van der Waals surface area contributed by atoms with Crippen molar-refractivity contribution in [3.63, 3.8) is 0 Å². The van der Waals surface area contributed by atoms with E-state index in [0.717, 1.165) is 10.8 Å². The fraction of sp³-hybridized carbons (Fsp3) is 0.333.